The highest BCUT2D eigenvalue weighted by molar-refractivity contribution is 7.00. The van der Waals surface area contributed by atoms with Gasteiger partial charge in [-0.2, -0.15) is 0 Å². The van der Waals surface area contributed by atoms with Crippen molar-refractivity contribution in [3.8, 4) is 0 Å². The number of benzene rings is 5. The molecule has 0 spiro atoms. The lowest BCUT2D eigenvalue weighted by atomic mass is 9.33. The van der Waals surface area contributed by atoms with E-state index in [2.05, 4.69) is 0 Å². The van der Waals surface area contributed by atoms with Crippen LogP contribution in [-0.2, 0) is 27.1 Å². The molecule has 2 aliphatic rings. The Kier molecular flexibility index (Phi) is 6.29. The summed E-state index contributed by atoms with van der Waals surface area (Å²) in [6.45, 7) is 31.9. The quantitative estimate of drug-likeness (QED) is 0.163. The zero-order valence-electron chi connectivity index (χ0n) is 47.2. The van der Waals surface area contributed by atoms with Gasteiger partial charge in [-0.15, -0.1) is 0 Å². The fourth-order valence-corrected chi connectivity index (χ4v) is 7.68. The molecule has 7 rings (SSSR count). The zero-order valence-corrected chi connectivity index (χ0v) is 36.2. The van der Waals surface area contributed by atoms with Crippen molar-refractivity contribution in [2.75, 3.05) is 9.80 Å². The van der Waals surface area contributed by atoms with Gasteiger partial charge in [-0.3, -0.25) is 0 Å². The van der Waals surface area contributed by atoms with Crippen LogP contribution in [-0.4, -0.2) is 6.71 Å². The van der Waals surface area contributed by atoms with E-state index in [0.29, 0.717) is 66.9 Å². The number of aryl methyl sites for hydroxylation is 1. The average molecular weight is 740 g/mol. The maximum absolute atomic E-state index is 10.2. The number of anilines is 6. The molecule has 0 saturated heterocycles. The predicted octanol–water partition coefficient (Wildman–Crippen LogP) is 12.9. The van der Waals surface area contributed by atoms with Gasteiger partial charge in [-0.05, 0) is 145 Å². The Labute approximate surface area is 349 Å². The molecule has 55 heavy (non-hydrogen) atoms. The van der Waals surface area contributed by atoms with Crippen LogP contribution in [0.1, 0.15) is 158 Å². The second-order valence-electron chi connectivity index (χ2n) is 20.9. The van der Waals surface area contributed by atoms with Gasteiger partial charge >= 0.3 is 0 Å². The van der Waals surface area contributed by atoms with Gasteiger partial charge in [0.25, 0.3) is 6.71 Å². The molecule has 0 amide bonds. The summed E-state index contributed by atoms with van der Waals surface area (Å²) in [6.07, 6.45) is 0. The highest BCUT2D eigenvalue weighted by atomic mass is 15.2. The van der Waals surface area contributed by atoms with E-state index in [1.165, 1.54) is 0 Å². The van der Waals surface area contributed by atoms with Gasteiger partial charge in [0.2, 0.25) is 0 Å². The third-order valence-corrected chi connectivity index (χ3v) is 10.8. The maximum atomic E-state index is 10.2. The van der Waals surface area contributed by atoms with Crippen LogP contribution < -0.4 is 26.2 Å². The van der Waals surface area contributed by atoms with Gasteiger partial charge in [0.05, 0.1) is 15.1 Å². The first-order valence-electron chi connectivity index (χ1n) is 25.2. The average Bonchev–Trinajstić information content (AvgIpc) is 3.12. The van der Waals surface area contributed by atoms with Crippen molar-refractivity contribution in [3.05, 3.63) is 124 Å². The first-order chi connectivity index (χ1) is 29.9. The minimum Gasteiger partial charge on any atom is -0.311 e. The largest absolute Gasteiger partial charge is 0.311 e. The first kappa shape index (κ1) is 27.4. The van der Waals surface area contributed by atoms with Crippen LogP contribution in [0.3, 0.4) is 0 Å². The molecule has 0 radical (unpaired) electrons. The summed E-state index contributed by atoms with van der Waals surface area (Å²) in [7, 11) is 0. The molecule has 0 aliphatic carbocycles. The zero-order chi connectivity index (χ0) is 49.9. The van der Waals surface area contributed by atoms with E-state index >= 15 is 0 Å². The summed E-state index contributed by atoms with van der Waals surface area (Å²) in [4.78, 5) is 3.48. The molecule has 286 valence electrons. The number of hydrogen-bond donors (Lipinski definition) is 0. The number of rotatable bonds is 2. The molecular formula is C52H65BN2. The summed E-state index contributed by atoms with van der Waals surface area (Å²) >= 11 is 0. The van der Waals surface area contributed by atoms with Gasteiger partial charge in [0.15, 0.2) is 0 Å². The second kappa shape index (κ2) is 12.6. The maximum Gasteiger partial charge on any atom is 0.252 e. The molecule has 0 fully saturated rings. The fourth-order valence-electron chi connectivity index (χ4n) is 7.68. The molecule has 0 atom stereocenters. The van der Waals surface area contributed by atoms with Crippen LogP contribution in [0.4, 0.5) is 34.1 Å². The monoisotopic (exact) mass is 740 g/mol. The SMILES string of the molecule is [2H]c1c(C(C)(C)C)cc2c(c1[2H])B1c3c(cc(C)cc3N(c3c([2H])c([2H])c(C(C)(C)C)c(C)c3[2H])c3c([2H])c([2H])c(C(C)(C)C)c([2H])c31)N2c1c([2H])c(C(C)(C)C)c([2H])c(C(C)(C)C)c1[2H]. The summed E-state index contributed by atoms with van der Waals surface area (Å²) in [5.74, 6) is 0. The molecule has 0 bridgehead atoms. The van der Waals surface area contributed by atoms with Crippen molar-refractivity contribution in [2.24, 2.45) is 0 Å². The molecule has 5 aromatic carbocycles. The number of nitrogens with zero attached hydrogens (tertiary/aromatic N) is 2. The van der Waals surface area contributed by atoms with E-state index in [4.69, 9.17) is 0 Å². The standard InChI is InChI=1S/C52H65BN2/c1-32-24-45-47-46(25-32)55(39-28-36(50(9,10)11)27-37(29-39)51(12,13)14)44-31-35(49(6,7)8)18-22-41(44)53(47)42-30-34(48(3,4)5)19-23-43(42)54(45)38-20-21-40(33(2)26-38)52(15,16)17/h18-31H,1-17H3/i18D,19D,20D,21D,22D,23D,26D,27D,28D,29D,30D. The lowest BCUT2D eigenvalue weighted by Crippen LogP contribution is -2.61. The van der Waals surface area contributed by atoms with Gasteiger partial charge in [0, 0.05) is 34.1 Å². The second-order valence-corrected chi connectivity index (χ2v) is 20.9. The van der Waals surface area contributed by atoms with Crippen molar-refractivity contribution in [1.82, 2.24) is 0 Å². The lowest BCUT2D eigenvalue weighted by Gasteiger charge is -2.45. The summed E-state index contributed by atoms with van der Waals surface area (Å²) in [5, 5.41) is 0. The van der Waals surface area contributed by atoms with Crippen molar-refractivity contribution in [3.63, 3.8) is 0 Å². The Morgan fingerprint density at radius 2 is 0.964 bits per heavy atom. The smallest absolute Gasteiger partial charge is 0.252 e. The normalized spacial score (nSPS) is 17.3. The van der Waals surface area contributed by atoms with Crippen molar-refractivity contribution < 1.29 is 15.1 Å². The van der Waals surface area contributed by atoms with Crippen molar-refractivity contribution in [1.29, 1.82) is 0 Å². The topological polar surface area (TPSA) is 6.48 Å². The summed E-state index contributed by atoms with van der Waals surface area (Å²) < 4.78 is 108. The van der Waals surface area contributed by atoms with E-state index in [9.17, 15) is 15.1 Å². The Balaban J connectivity index is 1.83. The van der Waals surface area contributed by atoms with Gasteiger partial charge in [-0.25, -0.2) is 0 Å². The number of hydrogen-bond acceptors (Lipinski definition) is 2. The summed E-state index contributed by atoms with van der Waals surface area (Å²) in [6, 6.07) is 4.87. The minimum absolute atomic E-state index is 0.0189. The van der Waals surface area contributed by atoms with Crippen LogP contribution in [0, 0.1) is 13.8 Å². The van der Waals surface area contributed by atoms with Crippen LogP contribution in [0.25, 0.3) is 0 Å². The molecule has 0 saturated carbocycles. The minimum atomic E-state index is -0.992. The Morgan fingerprint density at radius 3 is 1.49 bits per heavy atom. The molecule has 5 aromatic rings. The molecule has 3 heteroatoms. The van der Waals surface area contributed by atoms with Crippen LogP contribution >= 0.6 is 0 Å². The predicted molar refractivity (Wildman–Crippen MR) is 243 cm³/mol. The van der Waals surface area contributed by atoms with E-state index in [-0.39, 0.29) is 89.0 Å². The first-order valence-corrected chi connectivity index (χ1v) is 19.7. The van der Waals surface area contributed by atoms with Gasteiger partial charge < -0.3 is 9.80 Å². The van der Waals surface area contributed by atoms with E-state index in [1.807, 2.05) is 134 Å². The third-order valence-electron chi connectivity index (χ3n) is 10.8. The Bertz CT molecular complexity index is 2870. The summed E-state index contributed by atoms with van der Waals surface area (Å²) in [5.41, 5.74) is 2.93. The van der Waals surface area contributed by atoms with Crippen molar-refractivity contribution in [2.45, 2.75) is 145 Å². The lowest BCUT2D eigenvalue weighted by molar-refractivity contribution is 0.568. The third kappa shape index (κ3) is 6.85. The van der Waals surface area contributed by atoms with E-state index in [1.54, 1.807) is 11.8 Å². The molecule has 2 nitrogen and oxygen atoms in total. The highest BCUT2D eigenvalue weighted by Crippen LogP contribution is 2.47. The Morgan fingerprint density at radius 1 is 0.436 bits per heavy atom. The molecule has 0 unspecified atom stereocenters. The van der Waals surface area contributed by atoms with Crippen LogP contribution in [0.2, 0.25) is 0 Å². The molecule has 2 aliphatic heterocycles. The molecule has 0 N–H and O–H groups in total. The molecule has 2 heterocycles. The van der Waals surface area contributed by atoms with Crippen LogP contribution in [0.15, 0.2) is 84.7 Å². The van der Waals surface area contributed by atoms with Crippen molar-refractivity contribution >= 4 is 57.2 Å². The fraction of sp³-hybridized carbons (Fsp3) is 0.423. The van der Waals surface area contributed by atoms with Crippen LogP contribution in [0.5, 0.6) is 0 Å². The number of fused-ring (bicyclic) bond motifs is 4. The van der Waals surface area contributed by atoms with Gasteiger partial charge in [-0.1, -0.05) is 140 Å². The molecular weight excluding hydrogens is 663 g/mol. The van der Waals surface area contributed by atoms with E-state index < -0.39 is 33.8 Å². The van der Waals surface area contributed by atoms with Gasteiger partial charge in [0.1, 0.15) is 0 Å². The highest BCUT2D eigenvalue weighted by Gasteiger charge is 2.44. The van der Waals surface area contributed by atoms with E-state index in [0.717, 1.165) is 0 Å². The Hall–Kier alpha value is -4.24. The molecule has 0 aromatic heterocycles.